The monoisotopic (exact) mass is 237 g/mol. The van der Waals surface area contributed by atoms with Gasteiger partial charge in [0.25, 0.3) is 0 Å². The van der Waals surface area contributed by atoms with E-state index in [0.29, 0.717) is 5.82 Å². The Bertz CT molecular complexity index is 675. The van der Waals surface area contributed by atoms with Gasteiger partial charge < -0.3 is 10.4 Å². The average Bonchev–Trinajstić information content (AvgIpc) is 2.42. The van der Waals surface area contributed by atoms with Gasteiger partial charge in [-0.2, -0.15) is 5.10 Å². The van der Waals surface area contributed by atoms with E-state index in [1.165, 1.54) is 0 Å². The molecule has 1 aromatic heterocycles. The van der Waals surface area contributed by atoms with Gasteiger partial charge in [0, 0.05) is 16.5 Å². The van der Waals surface area contributed by atoms with Crippen LogP contribution in [-0.4, -0.2) is 15.3 Å². The second-order valence-corrected chi connectivity index (χ2v) is 3.95. The molecule has 0 aliphatic heterocycles. The van der Waals surface area contributed by atoms with Crippen LogP contribution in [0.3, 0.4) is 0 Å². The Morgan fingerprint density at radius 3 is 2.56 bits per heavy atom. The molecule has 0 unspecified atom stereocenters. The average molecular weight is 237 g/mol. The molecule has 0 amide bonds. The minimum atomic E-state index is 0.240. The molecule has 88 valence electrons. The predicted molar refractivity (Wildman–Crippen MR) is 70.9 cm³/mol. The first kappa shape index (κ1) is 10.5. The smallest absolute Gasteiger partial charge is 0.160 e. The number of aromatic hydroxyl groups is 1. The fraction of sp³-hybridized carbons (Fsp3) is 0. The van der Waals surface area contributed by atoms with Gasteiger partial charge in [-0.3, -0.25) is 0 Å². The van der Waals surface area contributed by atoms with Gasteiger partial charge in [-0.05, 0) is 24.3 Å². The third kappa shape index (κ3) is 1.96. The summed E-state index contributed by atoms with van der Waals surface area (Å²) in [6.07, 6.45) is 1.73. The Morgan fingerprint density at radius 1 is 0.944 bits per heavy atom. The van der Waals surface area contributed by atoms with Crippen molar-refractivity contribution in [2.75, 3.05) is 5.32 Å². The summed E-state index contributed by atoms with van der Waals surface area (Å²) in [7, 11) is 0. The quantitative estimate of drug-likeness (QED) is 0.672. The van der Waals surface area contributed by atoms with Crippen LogP contribution in [0.2, 0.25) is 0 Å². The summed E-state index contributed by atoms with van der Waals surface area (Å²) in [6, 6.07) is 14.7. The minimum absolute atomic E-state index is 0.240. The Morgan fingerprint density at radius 2 is 1.72 bits per heavy atom. The zero-order valence-electron chi connectivity index (χ0n) is 9.54. The maximum Gasteiger partial charge on any atom is 0.160 e. The number of aromatic nitrogens is 2. The maximum atomic E-state index is 9.24. The molecule has 0 saturated carbocycles. The molecule has 0 spiro atoms. The summed E-state index contributed by atoms with van der Waals surface area (Å²) < 4.78 is 0. The number of fused-ring (bicyclic) bond motifs is 1. The van der Waals surface area contributed by atoms with Crippen LogP contribution in [0.5, 0.6) is 5.75 Å². The highest BCUT2D eigenvalue weighted by Crippen LogP contribution is 2.23. The predicted octanol–water partition coefficient (Wildman–Crippen LogP) is 3.08. The zero-order chi connectivity index (χ0) is 12.4. The number of phenols is 1. The zero-order valence-corrected chi connectivity index (χ0v) is 9.54. The van der Waals surface area contributed by atoms with Gasteiger partial charge in [0.15, 0.2) is 5.82 Å². The Balaban J connectivity index is 2.02. The summed E-state index contributed by atoms with van der Waals surface area (Å²) in [5.74, 6) is 0.948. The van der Waals surface area contributed by atoms with E-state index in [1.54, 1.807) is 30.5 Å². The van der Waals surface area contributed by atoms with Crippen LogP contribution in [0.4, 0.5) is 11.5 Å². The third-order valence-corrected chi connectivity index (χ3v) is 2.70. The molecule has 2 N–H and O–H groups in total. The molecule has 0 radical (unpaired) electrons. The molecular weight excluding hydrogens is 226 g/mol. The van der Waals surface area contributed by atoms with E-state index in [0.717, 1.165) is 16.5 Å². The highest BCUT2D eigenvalue weighted by atomic mass is 16.3. The number of anilines is 2. The first-order valence-electron chi connectivity index (χ1n) is 5.59. The molecule has 0 bridgehead atoms. The highest BCUT2D eigenvalue weighted by molar-refractivity contribution is 5.92. The molecule has 0 saturated heterocycles. The van der Waals surface area contributed by atoms with Gasteiger partial charge in [0.2, 0.25) is 0 Å². The molecule has 3 rings (SSSR count). The van der Waals surface area contributed by atoms with Crippen LogP contribution in [0, 0.1) is 0 Å². The lowest BCUT2D eigenvalue weighted by molar-refractivity contribution is 0.475. The Hall–Kier alpha value is -2.62. The molecule has 1 heterocycles. The van der Waals surface area contributed by atoms with Gasteiger partial charge in [-0.15, -0.1) is 5.10 Å². The number of hydrogen-bond donors (Lipinski definition) is 2. The summed E-state index contributed by atoms with van der Waals surface area (Å²) in [5, 5.41) is 22.5. The van der Waals surface area contributed by atoms with Crippen molar-refractivity contribution in [3.05, 3.63) is 54.7 Å². The summed E-state index contributed by atoms with van der Waals surface area (Å²) >= 11 is 0. The molecular formula is C14H11N3O. The van der Waals surface area contributed by atoms with E-state index in [1.807, 2.05) is 24.3 Å². The van der Waals surface area contributed by atoms with Crippen molar-refractivity contribution in [1.82, 2.24) is 10.2 Å². The molecule has 2 aromatic carbocycles. The van der Waals surface area contributed by atoms with Gasteiger partial charge in [0.05, 0.1) is 6.20 Å². The topological polar surface area (TPSA) is 58.0 Å². The molecule has 0 aliphatic carbocycles. The number of benzene rings is 2. The van der Waals surface area contributed by atoms with Crippen LogP contribution in [-0.2, 0) is 0 Å². The number of rotatable bonds is 2. The van der Waals surface area contributed by atoms with Gasteiger partial charge in [-0.1, -0.05) is 24.3 Å². The summed E-state index contributed by atoms with van der Waals surface area (Å²) in [5.41, 5.74) is 0.860. The number of phenolic OH excluding ortho intramolecular Hbond substituents is 1. The molecule has 4 heteroatoms. The Kier molecular flexibility index (Phi) is 2.53. The fourth-order valence-electron chi connectivity index (χ4n) is 1.80. The highest BCUT2D eigenvalue weighted by Gasteiger charge is 2.02. The first-order valence-corrected chi connectivity index (χ1v) is 5.59. The minimum Gasteiger partial charge on any atom is -0.508 e. The molecule has 0 fully saturated rings. The van der Waals surface area contributed by atoms with Crippen molar-refractivity contribution in [3.63, 3.8) is 0 Å². The standard InChI is InChI=1S/C14H11N3O/c18-12-7-5-11(6-8-12)16-14-13-4-2-1-3-10(13)9-15-17-14/h1-9,18H,(H,16,17). The first-order chi connectivity index (χ1) is 8.83. The number of nitrogens with zero attached hydrogens (tertiary/aromatic N) is 2. The normalized spacial score (nSPS) is 10.4. The largest absolute Gasteiger partial charge is 0.508 e. The van der Waals surface area contributed by atoms with Crippen molar-refractivity contribution in [3.8, 4) is 5.75 Å². The maximum absolute atomic E-state index is 9.24. The van der Waals surface area contributed by atoms with E-state index >= 15 is 0 Å². The Labute approximate surface area is 104 Å². The van der Waals surface area contributed by atoms with Gasteiger partial charge in [0.1, 0.15) is 5.75 Å². The van der Waals surface area contributed by atoms with Gasteiger partial charge >= 0.3 is 0 Å². The second-order valence-electron chi connectivity index (χ2n) is 3.95. The van der Waals surface area contributed by atoms with E-state index in [9.17, 15) is 5.11 Å². The molecule has 18 heavy (non-hydrogen) atoms. The molecule has 4 nitrogen and oxygen atoms in total. The van der Waals surface area contributed by atoms with Gasteiger partial charge in [-0.25, -0.2) is 0 Å². The van der Waals surface area contributed by atoms with Crippen LogP contribution in [0.15, 0.2) is 54.7 Å². The third-order valence-electron chi connectivity index (χ3n) is 2.70. The van der Waals surface area contributed by atoms with Crippen molar-refractivity contribution < 1.29 is 5.11 Å². The number of hydrogen-bond acceptors (Lipinski definition) is 4. The lowest BCUT2D eigenvalue weighted by Crippen LogP contribution is -1.96. The van der Waals surface area contributed by atoms with Crippen molar-refractivity contribution in [1.29, 1.82) is 0 Å². The SMILES string of the molecule is Oc1ccc(Nc2nncc3ccccc23)cc1. The molecule has 0 atom stereocenters. The summed E-state index contributed by atoms with van der Waals surface area (Å²) in [6.45, 7) is 0. The van der Waals surface area contributed by atoms with E-state index < -0.39 is 0 Å². The van der Waals surface area contributed by atoms with E-state index in [2.05, 4.69) is 15.5 Å². The summed E-state index contributed by atoms with van der Waals surface area (Å²) in [4.78, 5) is 0. The lowest BCUT2D eigenvalue weighted by atomic mass is 10.2. The van der Waals surface area contributed by atoms with Crippen LogP contribution >= 0.6 is 0 Å². The second kappa shape index (κ2) is 4.33. The van der Waals surface area contributed by atoms with Crippen molar-refractivity contribution in [2.45, 2.75) is 0 Å². The van der Waals surface area contributed by atoms with E-state index in [-0.39, 0.29) is 5.75 Å². The van der Waals surface area contributed by atoms with Crippen molar-refractivity contribution >= 4 is 22.3 Å². The number of nitrogens with one attached hydrogen (secondary N) is 1. The molecule has 3 aromatic rings. The fourth-order valence-corrected chi connectivity index (χ4v) is 1.80. The van der Waals surface area contributed by atoms with Crippen LogP contribution < -0.4 is 5.32 Å². The van der Waals surface area contributed by atoms with E-state index in [4.69, 9.17) is 0 Å². The lowest BCUT2D eigenvalue weighted by Gasteiger charge is -2.07. The molecule has 0 aliphatic rings. The van der Waals surface area contributed by atoms with Crippen LogP contribution in [0.25, 0.3) is 10.8 Å². The van der Waals surface area contributed by atoms with Crippen LogP contribution in [0.1, 0.15) is 0 Å². The van der Waals surface area contributed by atoms with Crippen molar-refractivity contribution in [2.24, 2.45) is 0 Å².